The fourth-order valence-electron chi connectivity index (χ4n) is 3.50. The zero-order valence-electron chi connectivity index (χ0n) is 15.0. The predicted molar refractivity (Wildman–Crippen MR) is 96.2 cm³/mol. The van der Waals surface area contributed by atoms with Gasteiger partial charge in [0.1, 0.15) is 5.69 Å². The van der Waals surface area contributed by atoms with Crippen molar-refractivity contribution in [3.63, 3.8) is 0 Å². The molecule has 1 aliphatic heterocycles. The molecule has 1 fully saturated rings. The Labute approximate surface area is 152 Å². The molecule has 136 valence electrons. The van der Waals surface area contributed by atoms with Crippen LogP contribution in [0.4, 0.5) is 0 Å². The van der Waals surface area contributed by atoms with Crippen LogP contribution in [0.15, 0.2) is 40.9 Å². The minimum absolute atomic E-state index is 0.169. The van der Waals surface area contributed by atoms with E-state index in [0.717, 1.165) is 30.0 Å². The second kappa shape index (κ2) is 7.01. The number of likely N-dealkylation sites (tertiary alicyclic amines) is 1. The number of rotatable bonds is 5. The van der Waals surface area contributed by atoms with Crippen molar-refractivity contribution in [3.05, 3.63) is 53.8 Å². The van der Waals surface area contributed by atoms with Crippen molar-refractivity contribution in [1.29, 1.82) is 0 Å². The molecule has 4 heterocycles. The van der Waals surface area contributed by atoms with Gasteiger partial charge >= 0.3 is 0 Å². The van der Waals surface area contributed by atoms with E-state index in [4.69, 9.17) is 4.42 Å². The summed E-state index contributed by atoms with van der Waals surface area (Å²) >= 11 is 0. The number of aryl methyl sites for hydroxylation is 1. The van der Waals surface area contributed by atoms with Crippen molar-refractivity contribution in [1.82, 2.24) is 24.6 Å². The monoisotopic (exact) mass is 353 g/mol. The zero-order valence-corrected chi connectivity index (χ0v) is 15.0. The Morgan fingerprint density at radius 3 is 2.81 bits per heavy atom. The second-order valence-electron chi connectivity index (χ2n) is 6.97. The summed E-state index contributed by atoms with van der Waals surface area (Å²) in [6, 6.07) is 9.89. The molecule has 1 saturated heterocycles. The fraction of sp³-hybridized carbons (Fsp3) is 0.421. The van der Waals surface area contributed by atoms with Gasteiger partial charge < -0.3 is 14.1 Å². The van der Waals surface area contributed by atoms with Crippen molar-refractivity contribution in [2.24, 2.45) is 13.0 Å². The summed E-state index contributed by atoms with van der Waals surface area (Å²) in [6.45, 7) is 3.98. The minimum Gasteiger partial charge on any atom is -0.418 e. The number of aliphatic hydroxyl groups is 1. The summed E-state index contributed by atoms with van der Waals surface area (Å²) in [5, 5.41) is 18.7. The van der Waals surface area contributed by atoms with Gasteiger partial charge in [-0.05, 0) is 37.6 Å². The summed E-state index contributed by atoms with van der Waals surface area (Å²) in [6.07, 6.45) is 2.20. The largest absolute Gasteiger partial charge is 0.418 e. The first-order valence-corrected chi connectivity index (χ1v) is 8.85. The van der Waals surface area contributed by atoms with Gasteiger partial charge in [-0.15, -0.1) is 10.2 Å². The number of aliphatic hydroxyl groups excluding tert-OH is 1. The molecule has 3 aromatic rings. The highest BCUT2D eigenvalue weighted by atomic mass is 16.4. The topological polar surface area (TPSA) is 80.2 Å². The van der Waals surface area contributed by atoms with Gasteiger partial charge in [-0.25, -0.2) is 0 Å². The van der Waals surface area contributed by atoms with Gasteiger partial charge in [0.15, 0.2) is 0 Å². The van der Waals surface area contributed by atoms with Crippen LogP contribution >= 0.6 is 0 Å². The quantitative estimate of drug-likeness (QED) is 0.754. The smallest absolute Gasteiger partial charge is 0.264 e. The number of hydrogen-bond acceptors (Lipinski definition) is 6. The van der Waals surface area contributed by atoms with E-state index in [1.807, 2.05) is 48.9 Å². The van der Waals surface area contributed by atoms with Crippen LogP contribution < -0.4 is 0 Å². The van der Waals surface area contributed by atoms with Crippen LogP contribution in [-0.4, -0.2) is 48.9 Å². The van der Waals surface area contributed by atoms with Crippen LogP contribution in [0.2, 0.25) is 0 Å². The van der Waals surface area contributed by atoms with Crippen LogP contribution in [0.3, 0.4) is 0 Å². The predicted octanol–water partition coefficient (Wildman–Crippen LogP) is 1.81. The van der Waals surface area contributed by atoms with Gasteiger partial charge in [0.2, 0.25) is 5.89 Å². The van der Waals surface area contributed by atoms with Crippen molar-refractivity contribution in [2.75, 3.05) is 13.1 Å². The summed E-state index contributed by atoms with van der Waals surface area (Å²) in [7, 11) is 1.98. The van der Waals surface area contributed by atoms with E-state index < -0.39 is 0 Å². The maximum Gasteiger partial charge on any atom is 0.264 e. The molecule has 1 N–H and O–H groups in total. The van der Waals surface area contributed by atoms with Gasteiger partial charge in [0.05, 0.1) is 12.6 Å². The Kier molecular flexibility index (Phi) is 4.57. The Bertz CT molecular complexity index is 873. The number of hydrogen-bond donors (Lipinski definition) is 1. The lowest BCUT2D eigenvalue weighted by molar-refractivity contribution is 0.139. The second-order valence-corrected chi connectivity index (χ2v) is 6.97. The first kappa shape index (κ1) is 16.9. The normalized spacial score (nSPS) is 20.7. The van der Waals surface area contributed by atoms with E-state index in [0.29, 0.717) is 24.9 Å². The molecule has 0 unspecified atom stereocenters. The molecule has 4 rings (SSSR count). The van der Waals surface area contributed by atoms with Crippen molar-refractivity contribution in [3.8, 4) is 11.6 Å². The molecular formula is C19H23N5O2. The van der Waals surface area contributed by atoms with E-state index in [1.54, 1.807) is 6.20 Å². The van der Waals surface area contributed by atoms with Crippen LogP contribution in [0.1, 0.15) is 17.3 Å². The van der Waals surface area contributed by atoms with Gasteiger partial charge in [0, 0.05) is 43.6 Å². The fourth-order valence-corrected chi connectivity index (χ4v) is 3.50. The van der Waals surface area contributed by atoms with Gasteiger partial charge in [-0.2, -0.15) is 0 Å². The number of β-amino-alcohol motifs (C(OH)–C–C–N with tert-alkyl or cyclic N) is 1. The maximum absolute atomic E-state index is 10.4. The highest BCUT2D eigenvalue weighted by molar-refractivity contribution is 5.48. The number of pyridine rings is 1. The molecule has 1 aliphatic rings. The zero-order chi connectivity index (χ0) is 18.1. The van der Waals surface area contributed by atoms with E-state index in [1.165, 1.54) is 0 Å². The Morgan fingerprint density at radius 1 is 1.19 bits per heavy atom. The lowest BCUT2D eigenvalue weighted by atomic mass is 10.00. The molecule has 0 amide bonds. The third-order valence-corrected chi connectivity index (χ3v) is 5.10. The highest BCUT2D eigenvalue weighted by Gasteiger charge is 2.32. The first-order valence-electron chi connectivity index (χ1n) is 8.85. The molecule has 7 heteroatoms. The lowest BCUT2D eigenvalue weighted by Crippen LogP contribution is -2.21. The van der Waals surface area contributed by atoms with Crippen LogP contribution in [0, 0.1) is 12.8 Å². The Morgan fingerprint density at radius 2 is 2.08 bits per heavy atom. The molecule has 0 bridgehead atoms. The van der Waals surface area contributed by atoms with E-state index in [2.05, 4.69) is 20.1 Å². The average Bonchev–Trinajstić information content (AvgIpc) is 3.31. The molecule has 26 heavy (non-hydrogen) atoms. The minimum atomic E-state index is -0.366. The summed E-state index contributed by atoms with van der Waals surface area (Å²) < 4.78 is 7.86. The SMILES string of the molecule is Cc1ccc(-c2nnc(CN3C[C@@H](Cc4ccccn4)[C@H](O)C3)o2)n1C. The van der Waals surface area contributed by atoms with Gasteiger partial charge in [-0.1, -0.05) is 6.07 Å². The van der Waals surface area contributed by atoms with Crippen molar-refractivity contribution >= 4 is 0 Å². The molecule has 0 radical (unpaired) electrons. The van der Waals surface area contributed by atoms with E-state index in [-0.39, 0.29) is 12.0 Å². The Balaban J connectivity index is 1.40. The molecular weight excluding hydrogens is 330 g/mol. The molecule has 7 nitrogen and oxygen atoms in total. The highest BCUT2D eigenvalue weighted by Crippen LogP contribution is 2.24. The summed E-state index contributed by atoms with van der Waals surface area (Å²) in [5.41, 5.74) is 3.06. The van der Waals surface area contributed by atoms with E-state index in [9.17, 15) is 5.11 Å². The molecule has 2 atom stereocenters. The van der Waals surface area contributed by atoms with Gasteiger partial charge in [-0.3, -0.25) is 9.88 Å². The van der Waals surface area contributed by atoms with Crippen molar-refractivity contribution < 1.29 is 9.52 Å². The van der Waals surface area contributed by atoms with E-state index >= 15 is 0 Å². The van der Waals surface area contributed by atoms with Gasteiger partial charge in [0.25, 0.3) is 5.89 Å². The van der Waals surface area contributed by atoms with Crippen LogP contribution in [-0.2, 0) is 20.0 Å². The number of aromatic nitrogens is 4. The molecule has 0 aromatic carbocycles. The molecule has 0 aliphatic carbocycles. The maximum atomic E-state index is 10.4. The first-order chi connectivity index (χ1) is 12.6. The third-order valence-electron chi connectivity index (χ3n) is 5.10. The van der Waals surface area contributed by atoms with Crippen LogP contribution in [0.5, 0.6) is 0 Å². The molecule has 3 aromatic heterocycles. The lowest BCUT2D eigenvalue weighted by Gasteiger charge is -2.13. The van der Waals surface area contributed by atoms with Crippen molar-refractivity contribution in [2.45, 2.75) is 26.0 Å². The Hall–Kier alpha value is -2.51. The summed E-state index contributed by atoms with van der Waals surface area (Å²) in [5.74, 6) is 1.27. The third kappa shape index (κ3) is 3.40. The average molecular weight is 353 g/mol. The van der Waals surface area contributed by atoms with Crippen LogP contribution in [0.25, 0.3) is 11.6 Å². The molecule has 0 saturated carbocycles. The summed E-state index contributed by atoms with van der Waals surface area (Å²) in [4.78, 5) is 6.52. The standard InChI is InChI=1S/C19H23N5O2/c1-13-6-7-16(23(13)2)19-22-21-18(26-19)12-24-10-14(17(25)11-24)9-15-5-3-4-8-20-15/h3-8,14,17,25H,9-12H2,1-2H3/t14-,17-/m1/s1. The number of nitrogens with zero attached hydrogens (tertiary/aromatic N) is 5. The molecule has 0 spiro atoms.